The molecule has 4 rings (SSSR count). The molecule has 5 nitrogen and oxygen atoms in total. The highest BCUT2D eigenvalue weighted by molar-refractivity contribution is 8.26. The lowest BCUT2D eigenvalue weighted by Crippen LogP contribution is -2.35. The first-order chi connectivity index (χ1) is 15.1. The van der Waals surface area contributed by atoms with E-state index in [4.69, 9.17) is 17.0 Å². The third-order valence-corrected chi connectivity index (χ3v) is 7.04. The maximum atomic E-state index is 12.9. The molecule has 1 atom stereocenters. The van der Waals surface area contributed by atoms with E-state index in [1.807, 2.05) is 47.4 Å². The third kappa shape index (κ3) is 4.83. The Morgan fingerprint density at radius 1 is 1.19 bits per heavy atom. The van der Waals surface area contributed by atoms with Crippen LogP contribution < -0.4 is 4.74 Å². The first kappa shape index (κ1) is 21.6. The van der Waals surface area contributed by atoms with Crippen LogP contribution >= 0.6 is 24.0 Å². The summed E-state index contributed by atoms with van der Waals surface area (Å²) in [5, 5.41) is 0. The number of rotatable bonds is 6. The third-order valence-electron chi connectivity index (χ3n) is 5.66. The van der Waals surface area contributed by atoms with Crippen molar-refractivity contribution in [1.82, 2.24) is 9.80 Å². The topological polar surface area (TPSA) is 49.9 Å². The maximum absolute atomic E-state index is 12.9. The largest absolute Gasteiger partial charge is 0.496 e. The van der Waals surface area contributed by atoms with Crippen molar-refractivity contribution in [1.29, 1.82) is 0 Å². The molecule has 2 aromatic carbocycles. The number of thioether (sulfide) groups is 1. The Kier molecular flexibility index (Phi) is 6.73. The summed E-state index contributed by atoms with van der Waals surface area (Å²) >= 11 is 6.68. The van der Waals surface area contributed by atoms with Crippen LogP contribution in [0.25, 0.3) is 6.08 Å². The molecule has 0 N–H and O–H groups in total. The van der Waals surface area contributed by atoms with Crippen molar-refractivity contribution in [2.75, 3.05) is 26.7 Å². The van der Waals surface area contributed by atoms with Crippen molar-refractivity contribution in [2.24, 2.45) is 0 Å². The van der Waals surface area contributed by atoms with Crippen molar-refractivity contribution in [3.8, 4) is 5.75 Å². The normalized spacial score (nSPS) is 20.0. The maximum Gasteiger partial charge on any atom is 0.266 e. The number of carbonyl (C=O) groups is 2. The van der Waals surface area contributed by atoms with Crippen molar-refractivity contribution < 1.29 is 14.3 Å². The predicted molar refractivity (Wildman–Crippen MR) is 128 cm³/mol. The van der Waals surface area contributed by atoms with E-state index in [-0.39, 0.29) is 18.2 Å². The number of benzene rings is 2. The highest BCUT2D eigenvalue weighted by Gasteiger charge is 2.33. The lowest BCUT2D eigenvalue weighted by Gasteiger charge is -2.19. The van der Waals surface area contributed by atoms with Gasteiger partial charge in [0.15, 0.2) is 0 Å². The molecule has 2 aromatic rings. The average molecular weight is 453 g/mol. The minimum absolute atomic E-state index is 0.0705. The number of nitrogens with zero attached hydrogens (tertiary/aromatic N) is 2. The Morgan fingerprint density at radius 3 is 2.71 bits per heavy atom. The van der Waals surface area contributed by atoms with Crippen LogP contribution in [0.2, 0.25) is 0 Å². The van der Waals surface area contributed by atoms with Crippen LogP contribution in [-0.4, -0.2) is 52.7 Å². The van der Waals surface area contributed by atoms with E-state index in [0.29, 0.717) is 27.4 Å². The van der Waals surface area contributed by atoms with E-state index in [9.17, 15) is 9.59 Å². The predicted octanol–water partition coefficient (Wildman–Crippen LogP) is 4.30. The van der Waals surface area contributed by atoms with Crippen LogP contribution in [0.1, 0.15) is 29.9 Å². The zero-order chi connectivity index (χ0) is 21.8. The number of para-hydroxylation sites is 1. The molecule has 0 radical (unpaired) electrons. The van der Waals surface area contributed by atoms with Gasteiger partial charge in [0, 0.05) is 37.5 Å². The summed E-state index contributed by atoms with van der Waals surface area (Å²) in [4.78, 5) is 29.6. The Labute approximate surface area is 192 Å². The summed E-state index contributed by atoms with van der Waals surface area (Å²) < 4.78 is 5.85. The second kappa shape index (κ2) is 9.66. The molecule has 0 spiro atoms. The average Bonchev–Trinajstić information content (AvgIpc) is 3.39. The van der Waals surface area contributed by atoms with E-state index >= 15 is 0 Å². The van der Waals surface area contributed by atoms with Gasteiger partial charge in [-0.25, -0.2) is 0 Å². The molecule has 2 saturated heterocycles. The second-order valence-electron chi connectivity index (χ2n) is 7.56. The van der Waals surface area contributed by atoms with Gasteiger partial charge in [0.25, 0.3) is 5.91 Å². The van der Waals surface area contributed by atoms with Gasteiger partial charge in [0.2, 0.25) is 5.91 Å². The minimum atomic E-state index is -0.155. The first-order valence-electron chi connectivity index (χ1n) is 10.3. The lowest BCUT2D eigenvalue weighted by molar-refractivity contribution is -0.130. The SMILES string of the molecule is COc1ccccc1/C=C1\SC(=S)N(CCC(=O)N2CCC(c3ccccc3)C2)C1=O. The summed E-state index contributed by atoms with van der Waals surface area (Å²) in [5.41, 5.74) is 2.10. The van der Waals surface area contributed by atoms with Gasteiger partial charge >= 0.3 is 0 Å². The van der Waals surface area contributed by atoms with Gasteiger partial charge in [0.1, 0.15) is 10.1 Å². The molecule has 1 unspecified atom stereocenters. The zero-order valence-electron chi connectivity index (χ0n) is 17.3. The number of methoxy groups -OCH3 is 1. The van der Waals surface area contributed by atoms with Crippen molar-refractivity contribution >= 4 is 46.2 Å². The van der Waals surface area contributed by atoms with Crippen LogP contribution in [0.4, 0.5) is 0 Å². The molecule has 0 bridgehead atoms. The Bertz CT molecular complexity index is 1020. The highest BCUT2D eigenvalue weighted by atomic mass is 32.2. The fraction of sp³-hybridized carbons (Fsp3) is 0.292. The van der Waals surface area contributed by atoms with Crippen LogP contribution in [0.5, 0.6) is 5.75 Å². The number of carbonyl (C=O) groups excluding carboxylic acids is 2. The molecule has 31 heavy (non-hydrogen) atoms. The molecule has 2 fully saturated rings. The molecule has 160 valence electrons. The molecule has 0 aliphatic carbocycles. The van der Waals surface area contributed by atoms with E-state index in [2.05, 4.69) is 12.1 Å². The summed E-state index contributed by atoms with van der Waals surface area (Å²) in [6.45, 7) is 1.79. The van der Waals surface area contributed by atoms with Crippen molar-refractivity contribution in [3.63, 3.8) is 0 Å². The summed E-state index contributed by atoms with van der Waals surface area (Å²) in [5.74, 6) is 0.994. The molecule has 7 heteroatoms. The van der Waals surface area contributed by atoms with Crippen LogP contribution in [0.15, 0.2) is 59.5 Å². The van der Waals surface area contributed by atoms with Crippen molar-refractivity contribution in [3.05, 3.63) is 70.6 Å². The Hall–Kier alpha value is -2.64. The van der Waals surface area contributed by atoms with Gasteiger partial charge in [-0.2, -0.15) is 0 Å². The second-order valence-corrected chi connectivity index (χ2v) is 9.24. The first-order valence-corrected chi connectivity index (χ1v) is 11.5. The molecule has 0 saturated carbocycles. The summed E-state index contributed by atoms with van der Waals surface area (Å²) in [6.07, 6.45) is 3.04. The minimum Gasteiger partial charge on any atom is -0.496 e. The van der Waals surface area contributed by atoms with E-state index in [1.54, 1.807) is 13.2 Å². The van der Waals surface area contributed by atoms with Gasteiger partial charge in [-0.3, -0.25) is 14.5 Å². The number of amides is 2. The number of ether oxygens (including phenoxy) is 1. The molecule has 2 aliphatic rings. The smallest absolute Gasteiger partial charge is 0.266 e. The molecule has 2 heterocycles. The number of thiocarbonyl (C=S) groups is 1. The Balaban J connectivity index is 1.35. The summed E-state index contributed by atoms with van der Waals surface area (Å²) in [7, 11) is 1.60. The zero-order valence-corrected chi connectivity index (χ0v) is 19.0. The van der Waals surface area contributed by atoms with E-state index < -0.39 is 0 Å². The number of hydrogen-bond donors (Lipinski definition) is 0. The quantitative estimate of drug-likeness (QED) is 0.483. The standard InChI is InChI=1S/C24H24N2O3S2/c1-29-20-10-6-5-9-18(20)15-21-23(28)26(24(30)31-21)14-12-22(27)25-13-11-19(16-25)17-7-3-2-4-8-17/h2-10,15,19H,11-14,16H2,1H3/b21-15-. The van der Waals surface area contributed by atoms with Gasteiger partial charge in [-0.15, -0.1) is 0 Å². The van der Waals surface area contributed by atoms with Crippen molar-refractivity contribution in [2.45, 2.75) is 18.8 Å². The Morgan fingerprint density at radius 2 is 1.94 bits per heavy atom. The summed E-state index contributed by atoms with van der Waals surface area (Å²) in [6, 6.07) is 17.8. The lowest BCUT2D eigenvalue weighted by atomic mass is 9.99. The van der Waals surface area contributed by atoms with E-state index in [0.717, 1.165) is 25.1 Å². The fourth-order valence-electron chi connectivity index (χ4n) is 3.97. The van der Waals surface area contributed by atoms with Gasteiger partial charge in [0.05, 0.1) is 12.0 Å². The number of hydrogen-bond acceptors (Lipinski definition) is 5. The molecular formula is C24H24N2O3S2. The van der Waals surface area contributed by atoms with Gasteiger partial charge in [-0.1, -0.05) is 72.5 Å². The highest BCUT2D eigenvalue weighted by Crippen LogP contribution is 2.34. The molecule has 2 amide bonds. The van der Waals surface area contributed by atoms with Gasteiger partial charge in [-0.05, 0) is 24.1 Å². The molecule has 0 aromatic heterocycles. The van der Waals surface area contributed by atoms with Crippen LogP contribution in [-0.2, 0) is 9.59 Å². The van der Waals surface area contributed by atoms with E-state index in [1.165, 1.54) is 22.2 Å². The van der Waals surface area contributed by atoms with Crippen LogP contribution in [0, 0.1) is 0 Å². The molecule has 2 aliphatic heterocycles. The molecular weight excluding hydrogens is 428 g/mol. The monoisotopic (exact) mass is 452 g/mol. The van der Waals surface area contributed by atoms with Crippen LogP contribution in [0.3, 0.4) is 0 Å². The van der Waals surface area contributed by atoms with Gasteiger partial charge < -0.3 is 9.64 Å². The fourth-order valence-corrected chi connectivity index (χ4v) is 5.27. The number of likely N-dealkylation sites (tertiary alicyclic amines) is 1.